The van der Waals surface area contributed by atoms with Crippen molar-refractivity contribution in [3.63, 3.8) is 0 Å². The smallest absolute Gasteiger partial charge is 0.0725 e. The molecular formula is C13H27NO. The summed E-state index contributed by atoms with van der Waals surface area (Å²) < 4.78 is 5.73. The minimum atomic E-state index is 0.257. The first kappa shape index (κ1) is 13.0. The molecule has 0 amide bonds. The van der Waals surface area contributed by atoms with E-state index in [-0.39, 0.29) is 6.04 Å². The van der Waals surface area contributed by atoms with E-state index in [0.717, 1.165) is 18.9 Å². The first-order valence-electron chi connectivity index (χ1n) is 6.65. The standard InChI is InChI=1S/C13H27NO/c1-3-7-13(15-4-2)12(14)10-11-8-5-6-9-11/h11-13H,3-10,14H2,1-2H3. The molecule has 0 aromatic heterocycles. The summed E-state index contributed by atoms with van der Waals surface area (Å²) >= 11 is 0. The molecule has 2 atom stereocenters. The first-order chi connectivity index (χ1) is 7.27. The highest BCUT2D eigenvalue weighted by Gasteiger charge is 2.23. The topological polar surface area (TPSA) is 35.2 Å². The Bertz CT molecular complexity index is 149. The van der Waals surface area contributed by atoms with E-state index in [0.29, 0.717) is 6.10 Å². The van der Waals surface area contributed by atoms with Crippen molar-refractivity contribution in [3.05, 3.63) is 0 Å². The quantitative estimate of drug-likeness (QED) is 0.705. The molecule has 0 spiro atoms. The number of ether oxygens (including phenoxy) is 1. The molecule has 2 nitrogen and oxygen atoms in total. The summed E-state index contributed by atoms with van der Waals surface area (Å²) in [6.07, 6.45) is 9.34. The van der Waals surface area contributed by atoms with Gasteiger partial charge in [-0.2, -0.15) is 0 Å². The van der Waals surface area contributed by atoms with E-state index in [2.05, 4.69) is 13.8 Å². The van der Waals surface area contributed by atoms with Gasteiger partial charge < -0.3 is 10.5 Å². The molecule has 1 aliphatic rings. The number of hydrogen-bond acceptors (Lipinski definition) is 2. The third-order valence-electron chi connectivity index (χ3n) is 3.51. The lowest BCUT2D eigenvalue weighted by Crippen LogP contribution is -2.38. The van der Waals surface area contributed by atoms with E-state index in [1.54, 1.807) is 0 Å². The Balaban J connectivity index is 2.29. The van der Waals surface area contributed by atoms with Crippen molar-refractivity contribution in [2.45, 2.75) is 70.9 Å². The van der Waals surface area contributed by atoms with E-state index < -0.39 is 0 Å². The average Bonchev–Trinajstić information content (AvgIpc) is 2.70. The van der Waals surface area contributed by atoms with Crippen molar-refractivity contribution in [3.8, 4) is 0 Å². The molecule has 2 unspecified atom stereocenters. The second-order valence-corrected chi connectivity index (χ2v) is 4.83. The van der Waals surface area contributed by atoms with Crippen molar-refractivity contribution in [1.82, 2.24) is 0 Å². The van der Waals surface area contributed by atoms with Gasteiger partial charge in [-0.3, -0.25) is 0 Å². The van der Waals surface area contributed by atoms with Crippen molar-refractivity contribution in [2.24, 2.45) is 11.7 Å². The van der Waals surface area contributed by atoms with Crippen molar-refractivity contribution in [2.75, 3.05) is 6.61 Å². The summed E-state index contributed by atoms with van der Waals surface area (Å²) in [5, 5.41) is 0. The van der Waals surface area contributed by atoms with Gasteiger partial charge in [0.25, 0.3) is 0 Å². The zero-order chi connectivity index (χ0) is 11.1. The van der Waals surface area contributed by atoms with Crippen LogP contribution in [0.4, 0.5) is 0 Å². The first-order valence-corrected chi connectivity index (χ1v) is 6.65. The van der Waals surface area contributed by atoms with Crippen LogP contribution in [0.25, 0.3) is 0 Å². The lowest BCUT2D eigenvalue weighted by Gasteiger charge is -2.25. The van der Waals surface area contributed by atoms with E-state index >= 15 is 0 Å². The Morgan fingerprint density at radius 2 is 1.93 bits per heavy atom. The third-order valence-corrected chi connectivity index (χ3v) is 3.51. The molecule has 1 rings (SSSR count). The van der Waals surface area contributed by atoms with Gasteiger partial charge in [0.2, 0.25) is 0 Å². The highest BCUT2D eigenvalue weighted by Crippen LogP contribution is 2.29. The SMILES string of the molecule is CCCC(OCC)C(N)CC1CCCC1. The molecule has 0 aliphatic heterocycles. The monoisotopic (exact) mass is 213 g/mol. The van der Waals surface area contributed by atoms with Gasteiger partial charge in [0, 0.05) is 12.6 Å². The summed E-state index contributed by atoms with van der Waals surface area (Å²) in [7, 11) is 0. The van der Waals surface area contributed by atoms with Gasteiger partial charge in [-0.15, -0.1) is 0 Å². The molecule has 15 heavy (non-hydrogen) atoms. The lowest BCUT2D eigenvalue weighted by molar-refractivity contribution is 0.0321. The number of nitrogens with two attached hydrogens (primary N) is 1. The molecule has 0 heterocycles. The summed E-state index contributed by atoms with van der Waals surface area (Å²) in [6, 6.07) is 0.257. The van der Waals surface area contributed by atoms with Crippen LogP contribution in [-0.4, -0.2) is 18.8 Å². The summed E-state index contributed by atoms with van der Waals surface area (Å²) in [5.74, 6) is 0.875. The maximum Gasteiger partial charge on any atom is 0.0725 e. The average molecular weight is 213 g/mol. The van der Waals surface area contributed by atoms with Crippen LogP contribution in [0, 0.1) is 5.92 Å². The van der Waals surface area contributed by atoms with Gasteiger partial charge in [-0.1, -0.05) is 39.0 Å². The lowest BCUT2D eigenvalue weighted by atomic mass is 9.94. The van der Waals surface area contributed by atoms with Crippen molar-refractivity contribution >= 4 is 0 Å². The van der Waals surface area contributed by atoms with E-state index in [4.69, 9.17) is 10.5 Å². The second-order valence-electron chi connectivity index (χ2n) is 4.83. The van der Waals surface area contributed by atoms with Gasteiger partial charge in [-0.05, 0) is 25.7 Å². The van der Waals surface area contributed by atoms with Gasteiger partial charge in [-0.25, -0.2) is 0 Å². The summed E-state index contributed by atoms with van der Waals surface area (Å²) in [5.41, 5.74) is 6.24. The van der Waals surface area contributed by atoms with Crippen molar-refractivity contribution in [1.29, 1.82) is 0 Å². The van der Waals surface area contributed by atoms with E-state index in [9.17, 15) is 0 Å². The van der Waals surface area contributed by atoms with Gasteiger partial charge in [0.1, 0.15) is 0 Å². The number of hydrogen-bond donors (Lipinski definition) is 1. The Kier molecular flexibility index (Phi) is 6.26. The molecule has 0 aromatic carbocycles. The van der Waals surface area contributed by atoms with E-state index in [1.807, 2.05) is 0 Å². The molecular weight excluding hydrogens is 186 g/mol. The largest absolute Gasteiger partial charge is 0.377 e. The molecule has 0 radical (unpaired) electrons. The summed E-state index contributed by atoms with van der Waals surface area (Å²) in [6.45, 7) is 5.06. The van der Waals surface area contributed by atoms with Gasteiger partial charge in [0.05, 0.1) is 6.10 Å². The summed E-state index contributed by atoms with van der Waals surface area (Å²) in [4.78, 5) is 0. The van der Waals surface area contributed by atoms with Crippen LogP contribution >= 0.6 is 0 Å². The highest BCUT2D eigenvalue weighted by atomic mass is 16.5. The minimum Gasteiger partial charge on any atom is -0.377 e. The third kappa shape index (κ3) is 4.52. The Hall–Kier alpha value is -0.0800. The van der Waals surface area contributed by atoms with Crippen molar-refractivity contribution < 1.29 is 4.74 Å². The van der Waals surface area contributed by atoms with Crippen LogP contribution in [0.3, 0.4) is 0 Å². The second kappa shape index (κ2) is 7.24. The molecule has 1 aliphatic carbocycles. The highest BCUT2D eigenvalue weighted by molar-refractivity contribution is 4.79. The van der Waals surface area contributed by atoms with Crippen LogP contribution in [0.2, 0.25) is 0 Å². The van der Waals surface area contributed by atoms with Crippen LogP contribution in [0.1, 0.15) is 58.8 Å². The maximum atomic E-state index is 6.24. The van der Waals surface area contributed by atoms with Gasteiger partial charge >= 0.3 is 0 Å². The Morgan fingerprint density at radius 1 is 1.27 bits per heavy atom. The Morgan fingerprint density at radius 3 is 2.47 bits per heavy atom. The molecule has 2 heteroatoms. The fourth-order valence-corrected chi connectivity index (χ4v) is 2.70. The van der Waals surface area contributed by atoms with Gasteiger partial charge in [0.15, 0.2) is 0 Å². The predicted molar refractivity (Wildman–Crippen MR) is 64.9 cm³/mol. The fraction of sp³-hybridized carbons (Fsp3) is 1.00. The molecule has 0 saturated heterocycles. The van der Waals surface area contributed by atoms with Crippen LogP contribution in [0.5, 0.6) is 0 Å². The molecule has 1 saturated carbocycles. The zero-order valence-corrected chi connectivity index (χ0v) is 10.4. The van der Waals surface area contributed by atoms with Crippen LogP contribution in [0.15, 0.2) is 0 Å². The van der Waals surface area contributed by atoms with Crippen LogP contribution < -0.4 is 5.73 Å². The zero-order valence-electron chi connectivity index (χ0n) is 10.4. The predicted octanol–water partition coefficient (Wildman–Crippen LogP) is 3.10. The molecule has 90 valence electrons. The minimum absolute atomic E-state index is 0.257. The molecule has 2 N–H and O–H groups in total. The molecule has 1 fully saturated rings. The van der Waals surface area contributed by atoms with Crippen LogP contribution in [-0.2, 0) is 4.74 Å². The molecule has 0 bridgehead atoms. The van der Waals surface area contributed by atoms with E-state index in [1.165, 1.54) is 38.5 Å². The fourth-order valence-electron chi connectivity index (χ4n) is 2.70. The number of rotatable bonds is 7. The molecule has 0 aromatic rings. The normalized spacial score (nSPS) is 21.8. The Labute approximate surface area is 94.6 Å². The maximum absolute atomic E-state index is 6.24.